The van der Waals surface area contributed by atoms with Crippen molar-refractivity contribution in [3.05, 3.63) is 52.5 Å². The molecule has 1 N–H and O–H groups in total. The van der Waals surface area contributed by atoms with Gasteiger partial charge in [-0.2, -0.15) is 12.7 Å². The zero-order valence-corrected chi connectivity index (χ0v) is 22.9. The number of thiazole rings is 1. The summed E-state index contributed by atoms with van der Waals surface area (Å²) in [7, 11) is -2.46. The number of methoxy groups -OCH3 is 1. The second-order valence-corrected chi connectivity index (χ2v) is 11.5. The number of aromatic nitrogens is 3. The molecular formula is C25H24FN7O5S2. The second-order valence-electron chi connectivity index (χ2n) is 8.99. The zero-order valence-electron chi connectivity index (χ0n) is 21.3. The molecule has 208 valence electrons. The summed E-state index contributed by atoms with van der Waals surface area (Å²) in [4.78, 5) is 41.9. The van der Waals surface area contributed by atoms with E-state index in [9.17, 15) is 22.4 Å². The van der Waals surface area contributed by atoms with E-state index in [-0.39, 0.29) is 46.7 Å². The number of amides is 2. The Bertz CT molecular complexity index is 1580. The Morgan fingerprint density at radius 3 is 2.60 bits per heavy atom. The normalized spacial score (nSPS) is 17.6. The first-order valence-corrected chi connectivity index (χ1v) is 14.5. The SMILES string of the molecule is C#Cc1nc(C(=O)N(c2cc(NS(=O)(=O)N3CCCC3)cc(OC)c2)C2CCN(c3ncc(F)cn3)C2=O)cs1. The van der Waals surface area contributed by atoms with Gasteiger partial charge >= 0.3 is 10.2 Å². The summed E-state index contributed by atoms with van der Waals surface area (Å²) in [5, 5.41) is 1.77. The van der Waals surface area contributed by atoms with E-state index in [0.29, 0.717) is 13.1 Å². The van der Waals surface area contributed by atoms with Crippen molar-refractivity contribution in [3.8, 4) is 18.1 Å². The number of benzene rings is 1. The summed E-state index contributed by atoms with van der Waals surface area (Å²) in [6.45, 7) is 0.954. The molecule has 5 rings (SSSR count). The van der Waals surface area contributed by atoms with Crippen LogP contribution in [-0.2, 0) is 15.0 Å². The summed E-state index contributed by atoms with van der Waals surface area (Å²) in [6, 6.07) is 3.41. The Morgan fingerprint density at radius 1 is 1.23 bits per heavy atom. The van der Waals surface area contributed by atoms with Gasteiger partial charge in [-0.3, -0.25) is 24.1 Å². The maximum atomic E-state index is 13.9. The number of carbonyl (C=O) groups is 2. The molecule has 40 heavy (non-hydrogen) atoms. The summed E-state index contributed by atoms with van der Waals surface area (Å²) < 4.78 is 48.6. The van der Waals surface area contributed by atoms with Crippen molar-refractivity contribution in [3.63, 3.8) is 0 Å². The van der Waals surface area contributed by atoms with Crippen molar-refractivity contribution in [2.45, 2.75) is 25.3 Å². The molecule has 0 radical (unpaired) electrons. The van der Waals surface area contributed by atoms with Crippen LogP contribution in [0.15, 0.2) is 36.0 Å². The molecule has 0 bridgehead atoms. The van der Waals surface area contributed by atoms with E-state index in [1.807, 2.05) is 0 Å². The van der Waals surface area contributed by atoms with E-state index < -0.39 is 33.9 Å². The molecular weight excluding hydrogens is 561 g/mol. The van der Waals surface area contributed by atoms with Gasteiger partial charge < -0.3 is 4.74 Å². The maximum absolute atomic E-state index is 13.9. The van der Waals surface area contributed by atoms with Crippen LogP contribution in [0.4, 0.5) is 21.7 Å². The van der Waals surface area contributed by atoms with E-state index in [1.54, 1.807) is 0 Å². The lowest BCUT2D eigenvalue weighted by Crippen LogP contribution is -2.46. The molecule has 0 saturated carbocycles. The van der Waals surface area contributed by atoms with Gasteiger partial charge in [-0.25, -0.2) is 19.3 Å². The van der Waals surface area contributed by atoms with Crippen molar-refractivity contribution < 1.29 is 27.1 Å². The molecule has 12 nitrogen and oxygen atoms in total. The van der Waals surface area contributed by atoms with E-state index in [4.69, 9.17) is 11.2 Å². The standard InChI is InChI=1S/C25H24FN7O5S2/c1-3-22-29-20(15-39-22)23(34)33(21-6-9-32(24(21)35)25-27-13-16(26)14-28-25)18-10-17(11-19(12-18)38-2)30-40(36,37)31-7-4-5-8-31/h1,10-15,21,30H,4-9H2,2H3. The van der Waals surface area contributed by atoms with Crippen LogP contribution < -0.4 is 19.3 Å². The van der Waals surface area contributed by atoms with Crippen LogP contribution in [0.5, 0.6) is 5.75 Å². The molecule has 2 aliphatic rings. The summed E-state index contributed by atoms with van der Waals surface area (Å²) in [5.74, 6) is 0.845. The monoisotopic (exact) mass is 585 g/mol. The van der Waals surface area contributed by atoms with Crippen LogP contribution in [0.2, 0.25) is 0 Å². The number of ether oxygens (including phenoxy) is 1. The Kier molecular flexibility index (Phi) is 7.66. The molecule has 2 saturated heterocycles. The minimum Gasteiger partial charge on any atom is -0.497 e. The van der Waals surface area contributed by atoms with E-state index >= 15 is 0 Å². The number of halogens is 1. The first-order valence-electron chi connectivity index (χ1n) is 12.2. The topological polar surface area (TPSA) is 138 Å². The Balaban J connectivity index is 1.55. The van der Waals surface area contributed by atoms with E-state index in [1.165, 1.54) is 44.8 Å². The highest BCUT2D eigenvalue weighted by Gasteiger charge is 2.42. The number of rotatable bonds is 8. The fraction of sp³-hybridized carbons (Fsp3) is 0.320. The predicted molar refractivity (Wildman–Crippen MR) is 146 cm³/mol. The van der Waals surface area contributed by atoms with Gasteiger partial charge in [0.2, 0.25) is 5.95 Å². The van der Waals surface area contributed by atoms with Gasteiger partial charge in [0.15, 0.2) is 10.8 Å². The van der Waals surface area contributed by atoms with Crippen LogP contribution in [0.1, 0.15) is 34.8 Å². The molecule has 2 fully saturated rings. The third kappa shape index (κ3) is 5.46. The summed E-state index contributed by atoms with van der Waals surface area (Å²) in [5.41, 5.74) is 0.356. The van der Waals surface area contributed by atoms with E-state index in [2.05, 4.69) is 25.6 Å². The third-order valence-electron chi connectivity index (χ3n) is 6.46. The van der Waals surface area contributed by atoms with Crippen molar-refractivity contribution in [1.82, 2.24) is 19.3 Å². The van der Waals surface area contributed by atoms with Crippen LogP contribution in [-0.4, -0.2) is 72.3 Å². The molecule has 0 spiro atoms. The Hall–Kier alpha value is -4.13. The number of anilines is 3. The molecule has 1 aromatic carbocycles. The highest BCUT2D eigenvalue weighted by molar-refractivity contribution is 7.90. The Morgan fingerprint density at radius 2 is 1.95 bits per heavy atom. The van der Waals surface area contributed by atoms with E-state index in [0.717, 1.165) is 36.6 Å². The first kappa shape index (κ1) is 27.4. The number of hydrogen-bond donors (Lipinski definition) is 1. The van der Waals surface area contributed by atoms with Gasteiger partial charge in [0, 0.05) is 37.1 Å². The van der Waals surface area contributed by atoms with Crippen LogP contribution >= 0.6 is 11.3 Å². The minimum atomic E-state index is -3.86. The van der Waals surface area contributed by atoms with Gasteiger partial charge in [0.1, 0.15) is 17.5 Å². The Labute approximate surface area is 234 Å². The average Bonchev–Trinajstić information content (AvgIpc) is 3.71. The number of carbonyl (C=O) groups excluding carboxylic acids is 2. The molecule has 1 unspecified atom stereocenters. The van der Waals surface area contributed by atoms with Crippen molar-refractivity contribution >= 4 is 50.7 Å². The number of terminal acetylenes is 1. The molecule has 15 heteroatoms. The number of nitrogens with one attached hydrogen (secondary N) is 1. The van der Waals surface area contributed by atoms with Gasteiger partial charge in [-0.15, -0.1) is 17.8 Å². The second kappa shape index (κ2) is 11.2. The summed E-state index contributed by atoms with van der Waals surface area (Å²) in [6.07, 6.45) is 9.05. The predicted octanol–water partition coefficient (Wildman–Crippen LogP) is 2.27. The maximum Gasteiger partial charge on any atom is 0.301 e. The molecule has 1 atom stereocenters. The molecule has 2 aromatic heterocycles. The lowest BCUT2D eigenvalue weighted by molar-refractivity contribution is -0.118. The van der Waals surface area contributed by atoms with Crippen LogP contribution in [0, 0.1) is 18.2 Å². The average molecular weight is 586 g/mol. The van der Waals surface area contributed by atoms with Gasteiger partial charge in [-0.1, -0.05) is 0 Å². The lowest BCUT2D eigenvalue weighted by Gasteiger charge is -2.28. The molecule has 2 aliphatic heterocycles. The van der Waals surface area contributed by atoms with Crippen LogP contribution in [0.25, 0.3) is 0 Å². The quantitative estimate of drug-likeness (QED) is 0.398. The fourth-order valence-electron chi connectivity index (χ4n) is 4.59. The van der Waals surface area contributed by atoms with Crippen molar-refractivity contribution in [2.75, 3.05) is 41.3 Å². The zero-order chi connectivity index (χ0) is 28.4. The minimum absolute atomic E-state index is 0.00530. The van der Waals surface area contributed by atoms with Gasteiger partial charge in [0.05, 0.1) is 30.9 Å². The largest absolute Gasteiger partial charge is 0.497 e. The first-order chi connectivity index (χ1) is 19.2. The third-order valence-corrected chi connectivity index (χ3v) is 8.77. The molecule has 3 aromatic rings. The van der Waals surface area contributed by atoms with Crippen LogP contribution in [0.3, 0.4) is 0 Å². The van der Waals surface area contributed by atoms with Gasteiger partial charge in [0.25, 0.3) is 11.8 Å². The summed E-state index contributed by atoms with van der Waals surface area (Å²) >= 11 is 1.10. The highest BCUT2D eigenvalue weighted by Crippen LogP contribution is 2.34. The molecule has 0 aliphatic carbocycles. The van der Waals surface area contributed by atoms with Crippen molar-refractivity contribution in [2.24, 2.45) is 0 Å². The number of nitrogens with zero attached hydrogens (tertiary/aromatic N) is 6. The van der Waals surface area contributed by atoms with Gasteiger partial charge in [-0.05, 0) is 31.2 Å². The number of hydrogen-bond acceptors (Lipinski definition) is 9. The molecule has 2 amide bonds. The van der Waals surface area contributed by atoms with Crippen molar-refractivity contribution in [1.29, 1.82) is 0 Å². The lowest BCUT2D eigenvalue weighted by atomic mass is 10.1. The fourth-order valence-corrected chi connectivity index (χ4v) is 6.47. The smallest absolute Gasteiger partial charge is 0.301 e. The molecule has 4 heterocycles. The highest BCUT2D eigenvalue weighted by atomic mass is 32.2.